The molecule has 1 atom stereocenters. The van der Waals surface area contributed by atoms with Gasteiger partial charge in [0.15, 0.2) is 5.65 Å². The predicted molar refractivity (Wildman–Crippen MR) is 126 cm³/mol. The molecule has 0 radical (unpaired) electrons. The topological polar surface area (TPSA) is 88.6 Å². The number of pyridine rings is 1. The molecular formula is C26H22N4O3. The van der Waals surface area contributed by atoms with Crippen molar-refractivity contribution in [1.29, 1.82) is 0 Å². The van der Waals surface area contributed by atoms with E-state index in [0.717, 1.165) is 16.3 Å². The van der Waals surface area contributed by atoms with Crippen LogP contribution in [-0.4, -0.2) is 25.2 Å². The van der Waals surface area contributed by atoms with Crippen molar-refractivity contribution in [1.82, 2.24) is 19.5 Å². The van der Waals surface area contributed by atoms with Gasteiger partial charge in [0.25, 0.3) is 0 Å². The van der Waals surface area contributed by atoms with E-state index in [9.17, 15) is 14.7 Å². The monoisotopic (exact) mass is 438 g/mol. The molecule has 2 aromatic heterocycles. The van der Waals surface area contributed by atoms with Gasteiger partial charge in [-0.25, -0.2) is 9.48 Å². The first-order valence-electron chi connectivity index (χ1n) is 10.7. The maximum atomic E-state index is 13.0. The lowest BCUT2D eigenvalue weighted by atomic mass is 9.92. The fraction of sp³-hybridized carbons (Fsp3) is 0.115. The highest BCUT2D eigenvalue weighted by molar-refractivity contribution is 5.89. The first kappa shape index (κ1) is 20.5. The van der Waals surface area contributed by atoms with Crippen LogP contribution < -0.4 is 11.0 Å². The third-order valence-electron chi connectivity index (χ3n) is 5.71. The van der Waals surface area contributed by atoms with E-state index in [1.165, 1.54) is 9.08 Å². The maximum absolute atomic E-state index is 13.0. The zero-order chi connectivity index (χ0) is 22.8. The molecule has 0 aliphatic carbocycles. The second-order valence-corrected chi connectivity index (χ2v) is 7.82. The van der Waals surface area contributed by atoms with Gasteiger partial charge in [-0.15, -0.1) is 5.10 Å². The second kappa shape index (κ2) is 8.63. The van der Waals surface area contributed by atoms with Crippen molar-refractivity contribution < 1.29 is 9.90 Å². The summed E-state index contributed by atoms with van der Waals surface area (Å²) in [6.07, 6.45) is 1.72. The summed E-state index contributed by atoms with van der Waals surface area (Å²) in [5, 5.41) is 19.9. The summed E-state index contributed by atoms with van der Waals surface area (Å²) in [6, 6.07) is 25.5. The number of hydrogen-bond acceptors (Lipinski definition) is 4. The zero-order valence-electron chi connectivity index (χ0n) is 17.8. The minimum atomic E-state index is -0.553. The number of carbonyl (C=O) groups excluding carboxylic acids is 1. The van der Waals surface area contributed by atoms with Crippen LogP contribution in [0, 0.1) is 0 Å². The summed E-state index contributed by atoms with van der Waals surface area (Å²) in [6.45, 7) is 0.148. The lowest BCUT2D eigenvalue weighted by molar-refractivity contribution is -0.121. The van der Waals surface area contributed by atoms with E-state index in [1.807, 2.05) is 60.7 Å². The number of nitrogens with one attached hydrogen (secondary N) is 1. The SMILES string of the molecule is O=C(CCn1nc2ccccn2c1=O)NC(c1ccccc1)c1c(O)ccc2ccccc12. The number of nitrogens with zero attached hydrogens (tertiary/aromatic N) is 3. The van der Waals surface area contributed by atoms with E-state index < -0.39 is 6.04 Å². The van der Waals surface area contributed by atoms with Crippen LogP contribution in [-0.2, 0) is 11.3 Å². The highest BCUT2D eigenvalue weighted by atomic mass is 16.3. The Kier molecular flexibility index (Phi) is 5.36. The quantitative estimate of drug-likeness (QED) is 0.424. The fourth-order valence-corrected chi connectivity index (χ4v) is 4.11. The van der Waals surface area contributed by atoms with E-state index in [2.05, 4.69) is 10.4 Å². The number of fused-ring (bicyclic) bond motifs is 2. The lowest BCUT2D eigenvalue weighted by Gasteiger charge is -2.22. The number of hydrogen-bond donors (Lipinski definition) is 2. The molecule has 0 saturated heterocycles. The molecule has 0 fully saturated rings. The Morgan fingerprint density at radius 1 is 0.939 bits per heavy atom. The summed E-state index contributed by atoms with van der Waals surface area (Å²) in [4.78, 5) is 25.5. The first-order valence-corrected chi connectivity index (χ1v) is 10.7. The normalized spacial score (nSPS) is 12.1. The Hall–Kier alpha value is -4.39. The number of rotatable bonds is 6. The van der Waals surface area contributed by atoms with Crippen molar-refractivity contribution >= 4 is 22.3 Å². The fourth-order valence-electron chi connectivity index (χ4n) is 4.11. The summed E-state index contributed by atoms with van der Waals surface area (Å²) in [5.41, 5.74) is 1.73. The highest BCUT2D eigenvalue weighted by Gasteiger charge is 2.22. The molecule has 33 heavy (non-hydrogen) atoms. The summed E-state index contributed by atoms with van der Waals surface area (Å²) in [5.74, 6) is -0.139. The number of aromatic nitrogens is 3. The van der Waals surface area contributed by atoms with Crippen LogP contribution >= 0.6 is 0 Å². The third kappa shape index (κ3) is 3.96. The number of aryl methyl sites for hydroxylation is 1. The predicted octanol–water partition coefficient (Wildman–Crippen LogP) is 3.65. The first-order chi connectivity index (χ1) is 16.1. The number of benzene rings is 3. The summed E-state index contributed by atoms with van der Waals surface area (Å²) >= 11 is 0. The van der Waals surface area contributed by atoms with Gasteiger partial charge in [-0.05, 0) is 34.5 Å². The van der Waals surface area contributed by atoms with Gasteiger partial charge in [0, 0.05) is 18.2 Å². The Labute approximate surface area is 189 Å². The molecule has 7 nitrogen and oxygen atoms in total. The molecule has 0 aliphatic rings. The molecule has 2 heterocycles. The minimum absolute atomic E-state index is 0.0681. The van der Waals surface area contributed by atoms with Crippen LogP contribution in [0.25, 0.3) is 16.4 Å². The molecule has 7 heteroatoms. The van der Waals surface area contributed by atoms with Gasteiger partial charge in [0.2, 0.25) is 5.91 Å². The molecule has 1 amide bonds. The number of phenols is 1. The second-order valence-electron chi connectivity index (χ2n) is 7.82. The van der Waals surface area contributed by atoms with Crippen molar-refractivity contribution in [3.05, 3.63) is 113 Å². The van der Waals surface area contributed by atoms with E-state index in [-0.39, 0.29) is 30.3 Å². The lowest BCUT2D eigenvalue weighted by Crippen LogP contribution is -2.31. The van der Waals surface area contributed by atoms with Gasteiger partial charge in [-0.1, -0.05) is 66.7 Å². The van der Waals surface area contributed by atoms with Crippen molar-refractivity contribution in [3.63, 3.8) is 0 Å². The Balaban J connectivity index is 1.45. The number of phenolic OH excluding ortho intramolecular Hbond substituents is 1. The van der Waals surface area contributed by atoms with Crippen LogP contribution in [0.15, 0.2) is 95.9 Å². The summed E-state index contributed by atoms with van der Waals surface area (Å²) in [7, 11) is 0. The molecular weight excluding hydrogens is 416 g/mol. The van der Waals surface area contributed by atoms with Crippen LogP contribution in [0.2, 0.25) is 0 Å². The number of aromatic hydroxyl groups is 1. The molecule has 3 aromatic carbocycles. The average Bonchev–Trinajstić information content (AvgIpc) is 3.18. The van der Waals surface area contributed by atoms with Gasteiger partial charge in [0.05, 0.1) is 12.6 Å². The van der Waals surface area contributed by atoms with Crippen LogP contribution in [0.3, 0.4) is 0 Å². The number of amides is 1. The standard InChI is InChI=1S/C26H22N4O3/c31-21-14-13-18-8-4-5-11-20(18)24(21)25(19-9-2-1-3-10-19)27-23(32)15-17-30-26(33)29-16-7-6-12-22(29)28-30/h1-14,16,25,31H,15,17H2,(H,27,32). The van der Waals surface area contributed by atoms with Crippen molar-refractivity contribution in [3.8, 4) is 5.75 Å². The van der Waals surface area contributed by atoms with E-state index >= 15 is 0 Å². The molecule has 164 valence electrons. The van der Waals surface area contributed by atoms with Gasteiger partial charge in [0.1, 0.15) is 5.75 Å². The highest BCUT2D eigenvalue weighted by Crippen LogP contribution is 2.35. The van der Waals surface area contributed by atoms with E-state index in [1.54, 1.807) is 30.5 Å². The Bertz CT molecular complexity index is 1500. The number of carbonyl (C=O) groups is 1. The van der Waals surface area contributed by atoms with Crippen LogP contribution in [0.5, 0.6) is 5.75 Å². The molecule has 1 unspecified atom stereocenters. The van der Waals surface area contributed by atoms with Crippen LogP contribution in [0.1, 0.15) is 23.6 Å². The van der Waals surface area contributed by atoms with Crippen LogP contribution in [0.4, 0.5) is 0 Å². The van der Waals surface area contributed by atoms with Gasteiger partial charge in [-0.3, -0.25) is 9.20 Å². The average molecular weight is 438 g/mol. The maximum Gasteiger partial charge on any atom is 0.350 e. The molecule has 0 bridgehead atoms. The molecule has 0 aliphatic heterocycles. The third-order valence-corrected chi connectivity index (χ3v) is 5.71. The zero-order valence-corrected chi connectivity index (χ0v) is 17.8. The van der Waals surface area contributed by atoms with E-state index in [4.69, 9.17) is 0 Å². The van der Waals surface area contributed by atoms with Gasteiger partial charge < -0.3 is 10.4 Å². The molecule has 5 rings (SSSR count). The van der Waals surface area contributed by atoms with Gasteiger partial charge >= 0.3 is 5.69 Å². The van der Waals surface area contributed by atoms with Crippen molar-refractivity contribution in [2.75, 3.05) is 0 Å². The molecule has 0 spiro atoms. The Morgan fingerprint density at radius 2 is 1.70 bits per heavy atom. The molecule has 0 saturated carbocycles. The van der Waals surface area contributed by atoms with Crippen molar-refractivity contribution in [2.45, 2.75) is 19.0 Å². The summed E-state index contributed by atoms with van der Waals surface area (Å²) < 4.78 is 2.74. The largest absolute Gasteiger partial charge is 0.508 e. The minimum Gasteiger partial charge on any atom is -0.508 e. The molecule has 2 N–H and O–H groups in total. The van der Waals surface area contributed by atoms with E-state index in [0.29, 0.717) is 11.2 Å². The smallest absolute Gasteiger partial charge is 0.350 e. The Morgan fingerprint density at radius 3 is 2.52 bits per heavy atom. The van der Waals surface area contributed by atoms with Gasteiger partial charge in [-0.2, -0.15) is 0 Å². The molecule has 5 aromatic rings. The van der Waals surface area contributed by atoms with Crippen molar-refractivity contribution in [2.24, 2.45) is 0 Å².